The van der Waals surface area contributed by atoms with Crippen molar-refractivity contribution >= 4 is 11.6 Å². The second-order valence-electron chi connectivity index (χ2n) is 3.43. The molecule has 0 aliphatic carbocycles. The maximum Gasteiger partial charge on any atom is 0.133 e. The number of hydrogen-bond donors (Lipinski definition) is 1. The standard InChI is InChI=1S/C10H17ClN2O/c1-4-8(5-2)13-10(11)9(6-14)7(3)12-13/h8,14H,4-6H2,1-3H3. The first-order valence-corrected chi connectivity index (χ1v) is 5.37. The molecule has 1 rings (SSSR count). The van der Waals surface area contributed by atoms with E-state index in [0.29, 0.717) is 11.2 Å². The van der Waals surface area contributed by atoms with Gasteiger partial charge < -0.3 is 5.11 Å². The Morgan fingerprint density at radius 1 is 1.43 bits per heavy atom. The van der Waals surface area contributed by atoms with Crippen LogP contribution in [0.15, 0.2) is 0 Å². The number of aliphatic hydroxyl groups excluding tert-OH is 1. The van der Waals surface area contributed by atoms with Crippen molar-refractivity contribution in [2.75, 3.05) is 0 Å². The minimum atomic E-state index is -0.0369. The molecule has 1 N–H and O–H groups in total. The molecule has 80 valence electrons. The molecule has 1 aromatic rings. The molecule has 1 heterocycles. The predicted octanol–water partition coefficient (Wildman–Crippen LogP) is 2.70. The van der Waals surface area contributed by atoms with Gasteiger partial charge in [0.15, 0.2) is 0 Å². The number of nitrogens with zero attached hydrogens (tertiary/aromatic N) is 2. The van der Waals surface area contributed by atoms with Gasteiger partial charge in [-0.3, -0.25) is 4.68 Å². The lowest BCUT2D eigenvalue weighted by molar-refractivity contribution is 0.281. The van der Waals surface area contributed by atoms with Crippen molar-refractivity contribution in [1.29, 1.82) is 0 Å². The highest BCUT2D eigenvalue weighted by molar-refractivity contribution is 6.30. The molecule has 14 heavy (non-hydrogen) atoms. The van der Waals surface area contributed by atoms with Gasteiger partial charge >= 0.3 is 0 Å². The highest BCUT2D eigenvalue weighted by Gasteiger charge is 2.16. The van der Waals surface area contributed by atoms with E-state index in [1.807, 2.05) is 11.6 Å². The van der Waals surface area contributed by atoms with Crippen LogP contribution in [0.3, 0.4) is 0 Å². The molecule has 3 nitrogen and oxygen atoms in total. The number of aryl methyl sites for hydroxylation is 1. The molecule has 0 bridgehead atoms. The third-order valence-electron chi connectivity index (χ3n) is 2.59. The lowest BCUT2D eigenvalue weighted by Gasteiger charge is -2.14. The average Bonchev–Trinajstić information content (AvgIpc) is 2.45. The molecule has 1 aromatic heterocycles. The highest BCUT2D eigenvalue weighted by Crippen LogP contribution is 2.26. The summed E-state index contributed by atoms with van der Waals surface area (Å²) in [6.07, 6.45) is 2.00. The molecule has 0 amide bonds. The largest absolute Gasteiger partial charge is 0.391 e. The monoisotopic (exact) mass is 216 g/mol. The molecule has 0 saturated carbocycles. The molecule has 0 spiro atoms. The zero-order chi connectivity index (χ0) is 10.7. The van der Waals surface area contributed by atoms with Crippen LogP contribution in [0.4, 0.5) is 0 Å². The number of aliphatic hydroxyl groups is 1. The zero-order valence-electron chi connectivity index (χ0n) is 8.92. The fourth-order valence-electron chi connectivity index (χ4n) is 1.61. The number of rotatable bonds is 4. The van der Waals surface area contributed by atoms with Gasteiger partial charge in [-0.1, -0.05) is 25.4 Å². The SMILES string of the molecule is CCC(CC)n1nc(C)c(CO)c1Cl. The topological polar surface area (TPSA) is 38.0 Å². The van der Waals surface area contributed by atoms with Gasteiger partial charge in [-0.25, -0.2) is 0 Å². The summed E-state index contributed by atoms with van der Waals surface area (Å²) in [7, 11) is 0. The van der Waals surface area contributed by atoms with E-state index < -0.39 is 0 Å². The smallest absolute Gasteiger partial charge is 0.133 e. The highest BCUT2D eigenvalue weighted by atomic mass is 35.5. The minimum absolute atomic E-state index is 0.0369. The van der Waals surface area contributed by atoms with E-state index in [4.69, 9.17) is 16.7 Å². The van der Waals surface area contributed by atoms with Crippen molar-refractivity contribution in [3.63, 3.8) is 0 Å². The Hall–Kier alpha value is -0.540. The van der Waals surface area contributed by atoms with Crippen molar-refractivity contribution in [3.05, 3.63) is 16.4 Å². The van der Waals surface area contributed by atoms with Crippen molar-refractivity contribution in [3.8, 4) is 0 Å². The molecule has 0 saturated heterocycles. The Morgan fingerprint density at radius 2 is 2.00 bits per heavy atom. The van der Waals surface area contributed by atoms with Crippen LogP contribution in [-0.2, 0) is 6.61 Å². The van der Waals surface area contributed by atoms with Crippen LogP contribution >= 0.6 is 11.6 Å². The Balaban J connectivity index is 3.09. The molecule has 0 unspecified atom stereocenters. The van der Waals surface area contributed by atoms with Gasteiger partial charge in [0.05, 0.1) is 18.3 Å². The van der Waals surface area contributed by atoms with E-state index in [1.54, 1.807) is 0 Å². The first kappa shape index (κ1) is 11.5. The van der Waals surface area contributed by atoms with Gasteiger partial charge in [0.25, 0.3) is 0 Å². The van der Waals surface area contributed by atoms with Gasteiger partial charge in [0.1, 0.15) is 5.15 Å². The summed E-state index contributed by atoms with van der Waals surface area (Å²) in [6.45, 7) is 6.06. The average molecular weight is 217 g/mol. The Morgan fingerprint density at radius 3 is 2.36 bits per heavy atom. The van der Waals surface area contributed by atoms with E-state index in [0.717, 1.165) is 24.1 Å². The van der Waals surface area contributed by atoms with Crippen LogP contribution in [-0.4, -0.2) is 14.9 Å². The Kier molecular flexibility index (Phi) is 3.96. The molecular formula is C10H17ClN2O. The van der Waals surface area contributed by atoms with E-state index >= 15 is 0 Å². The lowest BCUT2D eigenvalue weighted by Crippen LogP contribution is -2.08. The van der Waals surface area contributed by atoms with Crippen LogP contribution in [0.25, 0.3) is 0 Å². The van der Waals surface area contributed by atoms with Gasteiger partial charge in [-0.05, 0) is 19.8 Å². The molecule has 0 radical (unpaired) electrons. The predicted molar refractivity (Wildman–Crippen MR) is 57.5 cm³/mol. The van der Waals surface area contributed by atoms with Crippen LogP contribution in [0.5, 0.6) is 0 Å². The third kappa shape index (κ3) is 1.93. The summed E-state index contributed by atoms with van der Waals surface area (Å²) in [6, 6.07) is 0.335. The minimum Gasteiger partial charge on any atom is -0.391 e. The second kappa shape index (κ2) is 4.80. The quantitative estimate of drug-likeness (QED) is 0.841. The number of halogens is 1. The van der Waals surface area contributed by atoms with E-state index in [-0.39, 0.29) is 6.61 Å². The summed E-state index contributed by atoms with van der Waals surface area (Å²) in [5.41, 5.74) is 1.57. The lowest BCUT2D eigenvalue weighted by atomic mass is 10.2. The van der Waals surface area contributed by atoms with Crippen LogP contribution in [0.1, 0.15) is 44.0 Å². The molecule has 0 aliphatic heterocycles. The summed E-state index contributed by atoms with van der Waals surface area (Å²) < 4.78 is 1.82. The summed E-state index contributed by atoms with van der Waals surface area (Å²) >= 11 is 6.12. The summed E-state index contributed by atoms with van der Waals surface area (Å²) in [5.74, 6) is 0. The summed E-state index contributed by atoms with van der Waals surface area (Å²) in [4.78, 5) is 0. The second-order valence-corrected chi connectivity index (χ2v) is 3.79. The molecule has 0 aromatic carbocycles. The normalized spacial score (nSPS) is 11.3. The molecule has 4 heteroatoms. The third-order valence-corrected chi connectivity index (χ3v) is 2.99. The van der Waals surface area contributed by atoms with Crippen molar-refractivity contribution in [1.82, 2.24) is 9.78 Å². The fraction of sp³-hybridized carbons (Fsp3) is 0.700. The van der Waals surface area contributed by atoms with Crippen molar-refractivity contribution in [2.24, 2.45) is 0 Å². The Labute approximate surface area is 89.7 Å². The van der Waals surface area contributed by atoms with Gasteiger partial charge in [-0.2, -0.15) is 5.10 Å². The van der Waals surface area contributed by atoms with E-state index in [2.05, 4.69) is 18.9 Å². The first-order chi connectivity index (χ1) is 6.65. The molecule has 0 atom stereocenters. The van der Waals surface area contributed by atoms with E-state index in [9.17, 15) is 0 Å². The van der Waals surface area contributed by atoms with Gasteiger partial charge in [0, 0.05) is 5.56 Å². The Bertz CT molecular complexity index is 305. The molecule has 0 fully saturated rings. The fourth-order valence-corrected chi connectivity index (χ4v) is 1.98. The van der Waals surface area contributed by atoms with Gasteiger partial charge in [0.2, 0.25) is 0 Å². The molecular weight excluding hydrogens is 200 g/mol. The summed E-state index contributed by atoms with van der Waals surface area (Å²) in [5, 5.41) is 14.0. The molecule has 0 aliphatic rings. The van der Waals surface area contributed by atoms with Crippen molar-refractivity contribution < 1.29 is 5.11 Å². The van der Waals surface area contributed by atoms with Crippen LogP contribution in [0, 0.1) is 6.92 Å². The van der Waals surface area contributed by atoms with E-state index in [1.165, 1.54) is 0 Å². The number of hydrogen-bond acceptors (Lipinski definition) is 2. The van der Waals surface area contributed by atoms with Crippen molar-refractivity contribution in [2.45, 2.75) is 46.3 Å². The maximum absolute atomic E-state index is 9.10. The first-order valence-electron chi connectivity index (χ1n) is 4.99. The van der Waals surface area contributed by atoms with Crippen LogP contribution in [0.2, 0.25) is 5.15 Å². The number of aromatic nitrogens is 2. The van der Waals surface area contributed by atoms with Crippen LogP contribution < -0.4 is 0 Å². The maximum atomic E-state index is 9.10. The zero-order valence-corrected chi connectivity index (χ0v) is 9.67. The van der Waals surface area contributed by atoms with Gasteiger partial charge in [-0.15, -0.1) is 0 Å².